The number of carbonyl (C=O) groups is 4. The van der Waals surface area contributed by atoms with Crippen LogP contribution in [-0.2, 0) is 65.4 Å². The number of rotatable bonds is 72. The van der Waals surface area contributed by atoms with Crippen LogP contribution in [0, 0.1) is 0 Å². The van der Waals surface area contributed by atoms with Gasteiger partial charge in [-0.25, -0.2) is 9.13 Å². The van der Waals surface area contributed by atoms with Crippen molar-refractivity contribution in [2.24, 2.45) is 0 Å². The van der Waals surface area contributed by atoms with Gasteiger partial charge in [-0.3, -0.25) is 37.3 Å². The average Bonchev–Trinajstić information content (AvgIpc) is 1.02. The van der Waals surface area contributed by atoms with E-state index in [1.54, 1.807) is 0 Å². The highest BCUT2D eigenvalue weighted by atomic mass is 31.2. The van der Waals surface area contributed by atoms with E-state index >= 15 is 0 Å². The van der Waals surface area contributed by atoms with Crippen molar-refractivity contribution in [3.63, 3.8) is 0 Å². The molecule has 0 radical (unpaired) electrons. The smallest absolute Gasteiger partial charge is 0.462 e. The number of aliphatic hydroxyl groups is 1. The standard InChI is InChI=1S/C81H138O17P2/c1-5-9-13-17-21-25-29-32-35-37-40-42-46-49-53-57-61-65-78(83)91-71-76(97-80(85)67-63-59-55-51-45-28-24-20-16-12-8-4)73-95-99(87,88)93-69-75(82)70-94-100(89,90)96-74-77(98-81(86)68-64-60-56-52-48-44-39-34-31-27-23-19-15-11-7-3)72-92-79(84)66-62-58-54-50-47-43-41-38-36-33-30-26-22-18-14-10-6-2/h9-10,13-14,21-23,25-27,32-36,39-43,75-77,82H,5-8,11-12,15-20,24,28-31,37-38,44-74H2,1-4H3,(H,87,88)(H,89,90)/b13-9-,14-10-,25-21-,26-22-,27-23-,35-32-,36-33-,39-34-,42-40-,43-41-. The van der Waals surface area contributed by atoms with Crippen LogP contribution in [0.4, 0.5) is 0 Å². The molecule has 100 heavy (non-hydrogen) atoms. The van der Waals surface area contributed by atoms with Gasteiger partial charge in [0, 0.05) is 25.7 Å². The third kappa shape index (κ3) is 71.8. The number of hydrogen-bond acceptors (Lipinski definition) is 15. The van der Waals surface area contributed by atoms with Crippen LogP contribution in [0.25, 0.3) is 0 Å². The SMILES string of the molecule is CC/C=C\C/C=C\C/C=C\C/C=C\CCCCCCC(=O)OCC(COP(=O)(O)OCC(O)COP(=O)(O)OCC(COC(=O)CCCCCC/C=C\C/C=C\C/C=C\C/C=C\CC)OC(=O)CCCCCCCCCCCCC)OC(=O)CCCCCCC/C=C\C/C=C\CCCCC. The Morgan fingerprint density at radius 3 is 0.820 bits per heavy atom. The van der Waals surface area contributed by atoms with Crippen molar-refractivity contribution in [3.8, 4) is 0 Å². The minimum Gasteiger partial charge on any atom is -0.462 e. The Bertz CT molecular complexity index is 2370. The molecule has 0 bridgehead atoms. The van der Waals surface area contributed by atoms with Gasteiger partial charge in [0.25, 0.3) is 0 Å². The Hall–Kier alpha value is -4.54. The molecule has 0 aromatic rings. The molecule has 574 valence electrons. The Balaban J connectivity index is 5.38. The van der Waals surface area contributed by atoms with E-state index in [1.165, 1.54) is 57.8 Å². The van der Waals surface area contributed by atoms with Gasteiger partial charge in [0.15, 0.2) is 12.2 Å². The molecule has 0 fully saturated rings. The summed E-state index contributed by atoms with van der Waals surface area (Å²) >= 11 is 0. The van der Waals surface area contributed by atoms with Gasteiger partial charge in [0.2, 0.25) is 0 Å². The number of phosphoric acid groups is 2. The van der Waals surface area contributed by atoms with E-state index < -0.39 is 97.5 Å². The number of hydrogen-bond donors (Lipinski definition) is 3. The third-order valence-electron chi connectivity index (χ3n) is 15.9. The normalized spacial score (nSPS) is 14.6. The number of unbranched alkanes of at least 4 members (excludes halogenated alkanes) is 26. The van der Waals surface area contributed by atoms with E-state index in [-0.39, 0.29) is 25.7 Å². The van der Waals surface area contributed by atoms with Crippen LogP contribution in [0.15, 0.2) is 122 Å². The van der Waals surface area contributed by atoms with Crippen LogP contribution in [0.5, 0.6) is 0 Å². The van der Waals surface area contributed by atoms with Gasteiger partial charge in [-0.05, 0) is 135 Å². The summed E-state index contributed by atoms with van der Waals surface area (Å²) in [5.74, 6) is -2.24. The molecule has 5 unspecified atom stereocenters. The number of esters is 4. The Morgan fingerprint density at radius 2 is 0.520 bits per heavy atom. The quantitative estimate of drug-likeness (QED) is 0.0169. The van der Waals surface area contributed by atoms with E-state index in [0.717, 1.165) is 173 Å². The summed E-state index contributed by atoms with van der Waals surface area (Å²) in [6.07, 6.45) is 79.0. The summed E-state index contributed by atoms with van der Waals surface area (Å²) in [7, 11) is -9.97. The molecule has 0 rings (SSSR count). The van der Waals surface area contributed by atoms with Gasteiger partial charge in [0.05, 0.1) is 26.4 Å². The van der Waals surface area contributed by atoms with E-state index in [0.29, 0.717) is 25.7 Å². The first-order chi connectivity index (χ1) is 48.7. The molecule has 0 spiro atoms. The molecular weight excluding hydrogens is 1310 g/mol. The average molecular weight is 1450 g/mol. The monoisotopic (exact) mass is 1440 g/mol. The molecule has 3 N–H and O–H groups in total. The van der Waals surface area contributed by atoms with Gasteiger partial charge in [0.1, 0.15) is 19.3 Å². The van der Waals surface area contributed by atoms with Crippen molar-refractivity contribution in [1.29, 1.82) is 0 Å². The minimum atomic E-state index is -4.99. The lowest BCUT2D eigenvalue weighted by Gasteiger charge is -2.21. The van der Waals surface area contributed by atoms with Gasteiger partial charge in [-0.2, -0.15) is 0 Å². The maximum absolute atomic E-state index is 13.1. The first-order valence-electron chi connectivity index (χ1n) is 38.8. The van der Waals surface area contributed by atoms with Crippen LogP contribution in [0.1, 0.15) is 310 Å². The number of aliphatic hydroxyl groups excluding tert-OH is 1. The van der Waals surface area contributed by atoms with E-state index in [2.05, 4.69) is 149 Å². The van der Waals surface area contributed by atoms with E-state index in [4.69, 9.17) is 37.0 Å². The number of phosphoric ester groups is 2. The highest BCUT2D eigenvalue weighted by Gasteiger charge is 2.30. The summed E-state index contributed by atoms with van der Waals surface area (Å²) in [4.78, 5) is 72.9. The molecule has 0 saturated heterocycles. The molecule has 5 atom stereocenters. The van der Waals surface area contributed by atoms with Gasteiger partial charge >= 0.3 is 39.5 Å². The number of carbonyl (C=O) groups excluding carboxylic acids is 4. The molecule has 0 aromatic carbocycles. The van der Waals surface area contributed by atoms with Crippen molar-refractivity contribution >= 4 is 39.5 Å². The largest absolute Gasteiger partial charge is 0.472 e. The van der Waals surface area contributed by atoms with Crippen LogP contribution < -0.4 is 0 Å². The van der Waals surface area contributed by atoms with Crippen LogP contribution in [0.3, 0.4) is 0 Å². The van der Waals surface area contributed by atoms with Crippen molar-refractivity contribution in [1.82, 2.24) is 0 Å². The summed E-state index contributed by atoms with van der Waals surface area (Å²) in [5, 5.41) is 10.6. The highest BCUT2D eigenvalue weighted by Crippen LogP contribution is 2.45. The lowest BCUT2D eigenvalue weighted by Crippen LogP contribution is -2.30. The fraction of sp³-hybridized carbons (Fsp3) is 0.704. The summed E-state index contributed by atoms with van der Waals surface area (Å²) in [6.45, 7) is 4.55. The summed E-state index contributed by atoms with van der Waals surface area (Å²) in [6, 6.07) is 0. The second kappa shape index (κ2) is 72.8. The maximum atomic E-state index is 13.1. The second-order valence-corrected chi connectivity index (χ2v) is 28.4. The first kappa shape index (κ1) is 95.5. The Kier molecular flexibility index (Phi) is 69.5. The third-order valence-corrected chi connectivity index (χ3v) is 17.8. The predicted octanol–water partition coefficient (Wildman–Crippen LogP) is 22.3. The highest BCUT2D eigenvalue weighted by molar-refractivity contribution is 7.47. The fourth-order valence-electron chi connectivity index (χ4n) is 10.1. The molecule has 0 aromatic heterocycles. The molecule has 0 saturated carbocycles. The topological polar surface area (TPSA) is 237 Å². The van der Waals surface area contributed by atoms with Gasteiger partial charge in [-0.15, -0.1) is 0 Å². The lowest BCUT2D eigenvalue weighted by atomic mass is 10.1. The Morgan fingerprint density at radius 1 is 0.290 bits per heavy atom. The van der Waals surface area contributed by atoms with Gasteiger partial charge in [-0.1, -0.05) is 271 Å². The molecule has 17 nitrogen and oxygen atoms in total. The minimum absolute atomic E-state index is 0.0712. The lowest BCUT2D eigenvalue weighted by molar-refractivity contribution is -0.161. The van der Waals surface area contributed by atoms with Crippen molar-refractivity contribution < 1.29 is 80.2 Å². The number of ether oxygens (including phenoxy) is 4. The van der Waals surface area contributed by atoms with Crippen LogP contribution in [-0.4, -0.2) is 96.7 Å². The zero-order valence-corrected chi connectivity index (χ0v) is 64.4. The molecule has 0 aliphatic rings. The molecular formula is C81H138O17P2. The molecule has 0 aliphatic carbocycles. The van der Waals surface area contributed by atoms with Crippen molar-refractivity contribution in [3.05, 3.63) is 122 Å². The summed E-state index contributed by atoms with van der Waals surface area (Å²) < 4.78 is 68.5. The maximum Gasteiger partial charge on any atom is 0.472 e. The molecule has 0 heterocycles. The van der Waals surface area contributed by atoms with E-state index in [1.807, 2.05) is 0 Å². The van der Waals surface area contributed by atoms with Crippen LogP contribution in [0.2, 0.25) is 0 Å². The molecule has 19 heteroatoms. The first-order valence-corrected chi connectivity index (χ1v) is 41.8. The van der Waals surface area contributed by atoms with Gasteiger partial charge < -0.3 is 33.8 Å². The zero-order valence-electron chi connectivity index (χ0n) is 62.6. The van der Waals surface area contributed by atoms with Crippen molar-refractivity contribution in [2.45, 2.75) is 329 Å². The van der Waals surface area contributed by atoms with E-state index in [9.17, 15) is 43.2 Å². The number of allylic oxidation sites excluding steroid dienone is 20. The predicted molar refractivity (Wildman–Crippen MR) is 408 cm³/mol. The summed E-state index contributed by atoms with van der Waals surface area (Å²) in [5.41, 5.74) is 0. The molecule has 0 amide bonds. The fourth-order valence-corrected chi connectivity index (χ4v) is 11.6. The van der Waals surface area contributed by atoms with Crippen molar-refractivity contribution in [2.75, 3.05) is 39.6 Å². The molecule has 0 aliphatic heterocycles. The van der Waals surface area contributed by atoms with Crippen LogP contribution >= 0.6 is 15.6 Å². The second-order valence-electron chi connectivity index (χ2n) is 25.5. The Labute approximate surface area is 606 Å². The zero-order chi connectivity index (χ0) is 73.2.